The summed E-state index contributed by atoms with van der Waals surface area (Å²) >= 11 is 0. The molecule has 0 radical (unpaired) electrons. The van der Waals surface area contributed by atoms with Gasteiger partial charge in [-0.3, -0.25) is 9.36 Å². The Morgan fingerprint density at radius 1 is 1.47 bits per heavy atom. The van der Waals surface area contributed by atoms with E-state index in [0.29, 0.717) is 11.2 Å². The van der Waals surface area contributed by atoms with Crippen LogP contribution in [0.15, 0.2) is 24.3 Å². The van der Waals surface area contributed by atoms with Gasteiger partial charge in [-0.15, -0.1) is 0 Å². The summed E-state index contributed by atoms with van der Waals surface area (Å²) < 4.78 is 1.34. The number of anilines is 1. The summed E-state index contributed by atoms with van der Waals surface area (Å²) in [5.74, 6) is -0.209. The zero-order valence-corrected chi connectivity index (χ0v) is 8.19. The standard InChI is InChI=1S/C11H9N3O/c1-7(15)14-9-5-3-2-4-8(9)11(13)10(14)6-12/h2-5H,13H2,1H3. The van der Waals surface area contributed by atoms with Crippen LogP contribution in [0.4, 0.5) is 5.69 Å². The van der Waals surface area contributed by atoms with Gasteiger partial charge < -0.3 is 5.73 Å². The van der Waals surface area contributed by atoms with Gasteiger partial charge in [0.15, 0.2) is 5.69 Å². The van der Waals surface area contributed by atoms with Crippen molar-refractivity contribution in [3.05, 3.63) is 30.0 Å². The van der Waals surface area contributed by atoms with E-state index in [0.717, 1.165) is 5.39 Å². The van der Waals surface area contributed by atoms with Crippen LogP contribution in [-0.2, 0) is 0 Å². The summed E-state index contributed by atoms with van der Waals surface area (Å²) in [7, 11) is 0. The van der Waals surface area contributed by atoms with Crippen molar-refractivity contribution >= 4 is 22.5 Å². The molecule has 0 atom stereocenters. The summed E-state index contributed by atoms with van der Waals surface area (Å²) in [5.41, 5.74) is 7.05. The number of hydrogen-bond donors (Lipinski definition) is 1. The molecule has 0 bridgehead atoms. The largest absolute Gasteiger partial charge is 0.396 e. The molecule has 0 amide bonds. The van der Waals surface area contributed by atoms with E-state index in [1.165, 1.54) is 11.5 Å². The maximum atomic E-state index is 11.4. The highest BCUT2D eigenvalue weighted by Crippen LogP contribution is 2.27. The number of nitrogens with zero attached hydrogens (tertiary/aromatic N) is 2. The van der Waals surface area contributed by atoms with Gasteiger partial charge in [0.2, 0.25) is 5.91 Å². The van der Waals surface area contributed by atoms with E-state index < -0.39 is 0 Å². The smallest absolute Gasteiger partial charge is 0.229 e. The van der Waals surface area contributed by atoms with E-state index in [4.69, 9.17) is 11.0 Å². The molecule has 4 nitrogen and oxygen atoms in total. The first-order valence-electron chi connectivity index (χ1n) is 4.46. The first-order valence-corrected chi connectivity index (χ1v) is 4.46. The van der Waals surface area contributed by atoms with E-state index in [1.807, 2.05) is 18.2 Å². The molecule has 74 valence electrons. The fourth-order valence-corrected chi connectivity index (χ4v) is 1.70. The van der Waals surface area contributed by atoms with Gasteiger partial charge in [-0.2, -0.15) is 5.26 Å². The number of nitrogen functional groups attached to an aromatic ring is 1. The topological polar surface area (TPSA) is 71.8 Å². The fraction of sp³-hybridized carbons (Fsp3) is 0.0909. The van der Waals surface area contributed by atoms with E-state index >= 15 is 0 Å². The first kappa shape index (κ1) is 9.28. The zero-order chi connectivity index (χ0) is 11.0. The highest BCUT2D eigenvalue weighted by atomic mass is 16.1. The van der Waals surface area contributed by atoms with Crippen LogP contribution in [0.1, 0.15) is 17.4 Å². The summed E-state index contributed by atoms with van der Waals surface area (Å²) in [6.45, 7) is 1.41. The normalized spacial score (nSPS) is 10.1. The minimum absolute atomic E-state index is 0.209. The zero-order valence-electron chi connectivity index (χ0n) is 8.19. The Bertz CT molecular complexity index is 590. The van der Waals surface area contributed by atoms with E-state index in [9.17, 15) is 4.79 Å². The number of para-hydroxylation sites is 1. The number of nitrogens with two attached hydrogens (primary N) is 1. The van der Waals surface area contributed by atoms with Crippen molar-refractivity contribution in [2.75, 3.05) is 5.73 Å². The molecule has 4 heteroatoms. The molecule has 1 heterocycles. The molecule has 0 aliphatic rings. The number of aromatic nitrogens is 1. The predicted molar refractivity (Wildman–Crippen MR) is 57.4 cm³/mol. The van der Waals surface area contributed by atoms with Gasteiger partial charge in [0.25, 0.3) is 0 Å². The van der Waals surface area contributed by atoms with Gasteiger partial charge in [0.05, 0.1) is 11.2 Å². The number of benzene rings is 1. The lowest BCUT2D eigenvalue weighted by Gasteiger charge is -1.99. The first-order chi connectivity index (χ1) is 7.16. The second kappa shape index (κ2) is 3.14. The Hall–Kier alpha value is -2.28. The summed E-state index contributed by atoms with van der Waals surface area (Å²) in [4.78, 5) is 11.4. The highest BCUT2D eigenvalue weighted by Gasteiger charge is 2.16. The average molecular weight is 199 g/mol. The lowest BCUT2D eigenvalue weighted by atomic mass is 10.2. The Morgan fingerprint density at radius 2 is 2.13 bits per heavy atom. The number of carbonyl (C=O) groups is 1. The summed E-state index contributed by atoms with van der Waals surface area (Å²) in [6, 6.07) is 9.15. The van der Waals surface area contributed by atoms with Gasteiger partial charge in [-0.1, -0.05) is 18.2 Å². The second-order valence-electron chi connectivity index (χ2n) is 3.25. The third kappa shape index (κ3) is 1.17. The van der Waals surface area contributed by atoms with Gasteiger partial charge in [0, 0.05) is 12.3 Å². The molecule has 0 saturated carbocycles. The van der Waals surface area contributed by atoms with E-state index in [2.05, 4.69) is 0 Å². The van der Waals surface area contributed by atoms with Crippen LogP contribution in [0.3, 0.4) is 0 Å². The van der Waals surface area contributed by atoms with Crippen LogP contribution in [0.25, 0.3) is 10.9 Å². The third-order valence-corrected chi connectivity index (χ3v) is 2.33. The maximum absolute atomic E-state index is 11.4. The fourth-order valence-electron chi connectivity index (χ4n) is 1.70. The molecule has 2 rings (SSSR count). The minimum Gasteiger partial charge on any atom is -0.396 e. The Balaban J connectivity index is 2.99. The number of nitriles is 1. The molecule has 0 unspecified atom stereocenters. The van der Waals surface area contributed by atoms with Crippen LogP contribution in [0.5, 0.6) is 0 Å². The van der Waals surface area contributed by atoms with E-state index in [1.54, 1.807) is 12.1 Å². The second-order valence-corrected chi connectivity index (χ2v) is 3.25. The molecule has 0 aliphatic heterocycles. The van der Waals surface area contributed by atoms with Crippen LogP contribution in [-0.4, -0.2) is 10.5 Å². The third-order valence-electron chi connectivity index (χ3n) is 2.33. The number of rotatable bonds is 0. The molecule has 1 aromatic carbocycles. The number of carbonyl (C=O) groups excluding carboxylic acids is 1. The van der Waals surface area contributed by atoms with Gasteiger partial charge >= 0.3 is 0 Å². The van der Waals surface area contributed by atoms with Crippen molar-refractivity contribution in [2.24, 2.45) is 0 Å². The molecular formula is C11H9N3O. The lowest BCUT2D eigenvalue weighted by Crippen LogP contribution is -2.08. The molecule has 15 heavy (non-hydrogen) atoms. The maximum Gasteiger partial charge on any atom is 0.229 e. The van der Waals surface area contributed by atoms with Gasteiger partial charge in [-0.05, 0) is 6.07 Å². The average Bonchev–Trinajstić information content (AvgIpc) is 2.52. The van der Waals surface area contributed by atoms with Crippen LogP contribution in [0.2, 0.25) is 0 Å². The highest BCUT2D eigenvalue weighted by molar-refractivity contribution is 6.01. The monoisotopic (exact) mass is 199 g/mol. The molecular weight excluding hydrogens is 190 g/mol. The van der Waals surface area contributed by atoms with Crippen molar-refractivity contribution in [2.45, 2.75) is 6.92 Å². The van der Waals surface area contributed by atoms with Crippen molar-refractivity contribution in [1.82, 2.24) is 4.57 Å². The Kier molecular flexibility index (Phi) is 1.94. The van der Waals surface area contributed by atoms with Crippen molar-refractivity contribution in [3.63, 3.8) is 0 Å². The molecule has 0 saturated heterocycles. The van der Waals surface area contributed by atoms with Crippen LogP contribution in [0, 0.1) is 11.3 Å². The number of fused-ring (bicyclic) bond motifs is 1. The predicted octanol–water partition coefficient (Wildman–Crippen LogP) is 1.76. The molecule has 1 aromatic heterocycles. The van der Waals surface area contributed by atoms with Crippen molar-refractivity contribution in [1.29, 1.82) is 5.26 Å². The lowest BCUT2D eigenvalue weighted by molar-refractivity contribution is 0.0941. The Labute approximate surface area is 86.5 Å². The van der Waals surface area contributed by atoms with Crippen LogP contribution < -0.4 is 5.73 Å². The van der Waals surface area contributed by atoms with Crippen molar-refractivity contribution in [3.8, 4) is 6.07 Å². The molecule has 0 spiro atoms. The molecule has 0 aliphatic carbocycles. The molecule has 0 fully saturated rings. The van der Waals surface area contributed by atoms with Gasteiger partial charge in [0.1, 0.15) is 6.07 Å². The Morgan fingerprint density at radius 3 is 2.73 bits per heavy atom. The minimum atomic E-state index is -0.209. The molecule has 2 aromatic rings. The van der Waals surface area contributed by atoms with E-state index in [-0.39, 0.29) is 11.6 Å². The van der Waals surface area contributed by atoms with Crippen LogP contribution >= 0.6 is 0 Å². The SMILES string of the molecule is CC(=O)n1c(C#N)c(N)c2ccccc21. The summed E-state index contributed by atoms with van der Waals surface area (Å²) in [6.07, 6.45) is 0. The van der Waals surface area contributed by atoms with Crippen molar-refractivity contribution < 1.29 is 4.79 Å². The summed E-state index contributed by atoms with van der Waals surface area (Å²) in [5, 5.41) is 9.69. The number of hydrogen-bond acceptors (Lipinski definition) is 3. The quantitative estimate of drug-likeness (QED) is 0.702. The molecule has 2 N–H and O–H groups in total. The van der Waals surface area contributed by atoms with Gasteiger partial charge in [-0.25, -0.2) is 0 Å².